The van der Waals surface area contributed by atoms with Gasteiger partial charge in [0.05, 0.1) is 32.3 Å². The molecule has 1 unspecified atom stereocenters. The smallest absolute Gasteiger partial charge is 0.341 e. The van der Waals surface area contributed by atoms with Crippen LogP contribution in [-0.2, 0) is 13.0 Å². The van der Waals surface area contributed by atoms with E-state index >= 15 is 0 Å². The lowest BCUT2D eigenvalue weighted by Crippen LogP contribution is -2.42. The van der Waals surface area contributed by atoms with Gasteiger partial charge in [-0.15, -0.1) is 24.8 Å². The minimum absolute atomic E-state index is 0. The number of benzene rings is 1. The summed E-state index contributed by atoms with van der Waals surface area (Å²) >= 11 is 0. The Morgan fingerprint density at radius 2 is 1.76 bits per heavy atom. The van der Waals surface area contributed by atoms with Crippen molar-refractivity contribution in [3.63, 3.8) is 0 Å². The van der Waals surface area contributed by atoms with Gasteiger partial charge in [-0.3, -0.25) is 4.90 Å². The molecule has 2 heterocycles. The van der Waals surface area contributed by atoms with Gasteiger partial charge in [0.25, 0.3) is 0 Å². The number of rotatable bonds is 6. The lowest BCUT2D eigenvalue weighted by atomic mass is 9.96. The molecule has 1 aliphatic rings. The molecule has 0 N–H and O–H groups in total. The van der Waals surface area contributed by atoms with E-state index < -0.39 is 0 Å². The van der Waals surface area contributed by atoms with E-state index in [9.17, 15) is 4.79 Å². The van der Waals surface area contributed by atoms with Crippen LogP contribution in [0.5, 0.6) is 17.2 Å². The number of hydrogen-bond acceptors (Lipinski definition) is 7. The second-order valence-corrected chi connectivity index (χ2v) is 7.16. The summed E-state index contributed by atoms with van der Waals surface area (Å²) in [6.07, 6.45) is 0.753. The first-order valence-corrected chi connectivity index (χ1v) is 9.07. The minimum atomic E-state index is -0.297. The number of nitrogens with zero attached hydrogens (tertiary/aromatic N) is 2. The maximum atomic E-state index is 12.7. The summed E-state index contributed by atoms with van der Waals surface area (Å²) in [7, 11) is 8.83. The Morgan fingerprint density at radius 1 is 1.10 bits per heavy atom. The molecule has 3 rings (SSSR count). The molecular formula is C20H30Cl2N2O5. The zero-order valence-corrected chi connectivity index (χ0v) is 19.4. The van der Waals surface area contributed by atoms with Crippen LogP contribution in [0, 0.1) is 0 Å². The number of likely N-dealkylation sites (N-methyl/N-ethyl adjacent to an activating group) is 1. The molecule has 1 aliphatic heterocycles. The lowest BCUT2D eigenvalue weighted by Gasteiger charge is -2.32. The van der Waals surface area contributed by atoms with E-state index in [1.54, 1.807) is 27.4 Å². The molecule has 0 amide bonds. The molecule has 164 valence electrons. The van der Waals surface area contributed by atoms with Crippen molar-refractivity contribution in [2.24, 2.45) is 0 Å². The predicted octanol–water partition coefficient (Wildman–Crippen LogP) is 2.97. The van der Waals surface area contributed by atoms with Gasteiger partial charge < -0.3 is 23.5 Å². The van der Waals surface area contributed by atoms with Gasteiger partial charge in [-0.2, -0.15) is 0 Å². The van der Waals surface area contributed by atoms with Crippen LogP contribution in [0.3, 0.4) is 0 Å². The molecule has 0 saturated carbocycles. The fourth-order valence-electron chi connectivity index (χ4n) is 3.64. The number of fused-ring (bicyclic) bond motifs is 3. The number of ether oxygens (including phenoxy) is 3. The van der Waals surface area contributed by atoms with Gasteiger partial charge in [0.2, 0.25) is 5.75 Å². The van der Waals surface area contributed by atoms with Crippen LogP contribution in [0.1, 0.15) is 18.1 Å². The Kier molecular flexibility index (Phi) is 9.09. The van der Waals surface area contributed by atoms with Crippen molar-refractivity contribution in [3.8, 4) is 17.2 Å². The van der Waals surface area contributed by atoms with E-state index in [1.165, 1.54) is 0 Å². The Balaban J connectivity index is 0.00000210. The number of halogens is 2. The van der Waals surface area contributed by atoms with Crippen LogP contribution in [0.15, 0.2) is 15.3 Å². The van der Waals surface area contributed by atoms with Gasteiger partial charge >= 0.3 is 5.63 Å². The van der Waals surface area contributed by atoms with E-state index in [2.05, 4.69) is 30.8 Å². The highest BCUT2D eigenvalue weighted by Crippen LogP contribution is 2.45. The van der Waals surface area contributed by atoms with Gasteiger partial charge in [0.1, 0.15) is 5.58 Å². The third-order valence-electron chi connectivity index (χ3n) is 5.37. The zero-order valence-electron chi connectivity index (χ0n) is 17.7. The topological polar surface area (TPSA) is 64.4 Å². The molecule has 0 bridgehead atoms. The summed E-state index contributed by atoms with van der Waals surface area (Å²) in [5, 5.41) is 0.796. The summed E-state index contributed by atoms with van der Waals surface area (Å²) in [4.78, 5) is 17.2. The van der Waals surface area contributed by atoms with Crippen molar-refractivity contribution < 1.29 is 18.6 Å². The molecular weight excluding hydrogens is 419 g/mol. The Labute approximate surface area is 183 Å². The molecule has 9 heteroatoms. The zero-order chi connectivity index (χ0) is 19.7. The van der Waals surface area contributed by atoms with E-state index in [4.69, 9.17) is 18.6 Å². The quantitative estimate of drug-likeness (QED) is 0.629. The Morgan fingerprint density at radius 3 is 2.31 bits per heavy atom. The fraction of sp³-hybridized carbons (Fsp3) is 0.550. The van der Waals surface area contributed by atoms with Crippen LogP contribution in [-0.4, -0.2) is 64.4 Å². The first kappa shape index (κ1) is 25.4. The second-order valence-electron chi connectivity index (χ2n) is 7.16. The highest BCUT2D eigenvalue weighted by atomic mass is 35.5. The molecule has 0 saturated heterocycles. The van der Waals surface area contributed by atoms with Crippen LogP contribution in [0.4, 0.5) is 0 Å². The van der Waals surface area contributed by atoms with Crippen LogP contribution < -0.4 is 19.8 Å². The monoisotopic (exact) mass is 448 g/mol. The molecule has 0 radical (unpaired) electrons. The third kappa shape index (κ3) is 4.74. The molecule has 7 nitrogen and oxygen atoms in total. The number of hydrogen-bond donors (Lipinski definition) is 0. The van der Waals surface area contributed by atoms with E-state index in [0.29, 0.717) is 41.0 Å². The average molecular weight is 449 g/mol. The van der Waals surface area contributed by atoms with Crippen molar-refractivity contribution >= 4 is 35.8 Å². The Hall–Kier alpha value is -1.67. The van der Waals surface area contributed by atoms with E-state index in [0.717, 1.165) is 30.5 Å². The average Bonchev–Trinajstić information content (AvgIpc) is 2.66. The minimum Gasteiger partial charge on any atom is -0.493 e. The third-order valence-corrected chi connectivity index (χ3v) is 5.37. The normalized spacial score (nSPS) is 14.6. The van der Waals surface area contributed by atoms with Crippen LogP contribution >= 0.6 is 24.8 Å². The molecule has 0 spiro atoms. The maximum absolute atomic E-state index is 12.7. The summed E-state index contributed by atoms with van der Waals surface area (Å²) in [6.45, 7) is 4.52. The first-order valence-electron chi connectivity index (χ1n) is 9.07. The molecule has 1 aromatic carbocycles. The maximum Gasteiger partial charge on any atom is 0.341 e. The van der Waals surface area contributed by atoms with Crippen LogP contribution in [0.25, 0.3) is 11.0 Å². The van der Waals surface area contributed by atoms with Gasteiger partial charge in [0.15, 0.2) is 11.5 Å². The highest BCUT2D eigenvalue weighted by molar-refractivity contribution is 5.92. The summed E-state index contributed by atoms with van der Waals surface area (Å²) in [6, 6.07) is 2.09. The van der Waals surface area contributed by atoms with Gasteiger partial charge in [-0.05, 0) is 33.0 Å². The summed E-state index contributed by atoms with van der Waals surface area (Å²) in [5.41, 5.74) is 1.84. The standard InChI is InChI=1S/C20H28N2O5.2ClH/c1-12(21(2)3)10-22-8-7-13-14(11-22)20(23)27-15-9-16(24-4)18(25-5)19(26-6)17(13)15;;/h9,12H,7-8,10-11H2,1-6H3;2*1H. The molecule has 29 heavy (non-hydrogen) atoms. The summed E-state index contributed by atoms with van der Waals surface area (Å²) in [5.74, 6) is 1.52. The highest BCUT2D eigenvalue weighted by Gasteiger charge is 2.28. The molecule has 0 aliphatic carbocycles. The van der Waals surface area contributed by atoms with Gasteiger partial charge in [-0.1, -0.05) is 0 Å². The Bertz CT molecular complexity index is 901. The SMILES string of the molecule is COc1cc2oc(=O)c3c(c2c(OC)c1OC)CCN(CC(C)N(C)C)C3.Cl.Cl. The van der Waals surface area contributed by atoms with Crippen molar-refractivity contribution in [2.45, 2.75) is 25.9 Å². The van der Waals surface area contributed by atoms with Gasteiger partial charge in [-0.25, -0.2) is 4.79 Å². The lowest BCUT2D eigenvalue weighted by molar-refractivity contribution is 0.179. The van der Waals surface area contributed by atoms with Crippen molar-refractivity contribution in [1.29, 1.82) is 0 Å². The largest absolute Gasteiger partial charge is 0.493 e. The summed E-state index contributed by atoms with van der Waals surface area (Å²) < 4.78 is 22.1. The van der Waals surface area contributed by atoms with E-state index in [1.807, 2.05) is 0 Å². The predicted molar refractivity (Wildman–Crippen MR) is 119 cm³/mol. The molecule has 2 aromatic rings. The van der Waals surface area contributed by atoms with Crippen LogP contribution in [0.2, 0.25) is 0 Å². The van der Waals surface area contributed by atoms with E-state index in [-0.39, 0.29) is 30.4 Å². The molecule has 0 fully saturated rings. The fourth-order valence-corrected chi connectivity index (χ4v) is 3.64. The van der Waals surface area contributed by atoms with Gasteiger partial charge in [0, 0.05) is 31.7 Å². The first-order chi connectivity index (χ1) is 12.9. The number of methoxy groups -OCH3 is 3. The van der Waals surface area contributed by atoms with Crippen molar-refractivity contribution in [2.75, 3.05) is 48.5 Å². The molecule has 1 aromatic heterocycles. The van der Waals surface area contributed by atoms with Crippen molar-refractivity contribution in [1.82, 2.24) is 9.80 Å². The molecule has 1 atom stereocenters. The second kappa shape index (κ2) is 10.4. The van der Waals surface area contributed by atoms with Crippen molar-refractivity contribution in [3.05, 3.63) is 27.6 Å².